The highest BCUT2D eigenvalue weighted by Gasteiger charge is 2.29. The van der Waals surface area contributed by atoms with Crippen LogP contribution in [-0.2, 0) is 17.8 Å². The van der Waals surface area contributed by atoms with Crippen LogP contribution in [0.5, 0.6) is 0 Å². The van der Waals surface area contributed by atoms with E-state index < -0.39 is 0 Å². The van der Waals surface area contributed by atoms with Crippen molar-refractivity contribution in [2.75, 3.05) is 6.54 Å². The van der Waals surface area contributed by atoms with E-state index in [0.29, 0.717) is 6.54 Å². The van der Waals surface area contributed by atoms with Gasteiger partial charge in [-0.25, -0.2) is 0 Å². The largest absolute Gasteiger partial charge is 0.368 e. The molecule has 0 radical (unpaired) electrons. The Hall–Kier alpha value is -2.92. The number of primary amides is 1. The molecule has 1 aliphatic rings. The fourth-order valence-electron chi connectivity index (χ4n) is 3.42. The fourth-order valence-corrected chi connectivity index (χ4v) is 3.42. The molecule has 0 saturated carbocycles. The second kappa shape index (κ2) is 6.77. The zero-order valence-electron chi connectivity index (χ0n) is 14.7. The molecule has 1 atom stereocenters. The predicted molar refractivity (Wildman–Crippen MR) is 100 cm³/mol. The molecule has 2 heterocycles. The lowest BCUT2D eigenvalue weighted by atomic mass is 9.98. The fraction of sp³-hybridized carbons (Fsp3) is 0.238. The van der Waals surface area contributed by atoms with E-state index in [4.69, 9.17) is 10.3 Å². The first-order valence-corrected chi connectivity index (χ1v) is 8.80. The minimum absolute atomic E-state index is 0.300. The number of aromatic nitrogens is 1. The van der Waals surface area contributed by atoms with Crippen molar-refractivity contribution < 1.29 is 9.32 Å². The zero-order chi connectivity index (χ0) is 18.1. The van der Waals surface area contributed by atoms with Crippen molar-refractivity contribution in [3.63, 3.8) is 0 Å². The van der Waals surface area contributed by atoms with Gasteiger partial charge in [0.15, 0.2) is 0 Å². The van der Waals surface area contributed by atoms with Gasteiger partial charge in [-0.3, -0.25) is 9.69 Å². The van der Waals surface area contributed by atoms with Gasteiger partial charge in [-0.15, -0.1) is 0 Å². The molecule has 2 N–H and O–H groups in total. The van der Waals surface area contributed by atoms with E-state index in [9.17, 15) is 4.79 Å². The molecule has 0 unspecified atom stereocenters. The van der Waals surface area contributed by atoms with E-state index in [0.717, 1.165) is 41.1 Å². The van der Waals surface area contributed by atoms with Crippen LogP contribution in [0.25, 0.3) is 22.4 Å². The summed E-state index contributed by atoms with van der Waals surface area (Å²) >= 11 is 0. The van der Waals surface area contributed by atoms with Gasteiger partial charge < -0.3 is 10.3 Å². The minimum Gasteiger partial charge on any atom is -0.368 e. The minimum atomic E-state index is -0.307. The maximum atomic E-state index is 11.5. The smallest absolute Gasteiger partial charge is 0.234 e. The van der Waals surface area contributed by atoms with Crippen LogP contribution in [0, 0.1) is 0 Å². The van der Waals surface area contributed by atoms with E-state index in [1.165, 1.54) is 5.56 Å². The van der Waals surface area contributed by atoms with Crippen LogP contribution in [0.3, 0.4) is 0 Å². The molecule has 1 aromatic heterocycles. The summed E-state index contributed by atoms with van der Waals surface area (Å²) in [5.74, 6) is 0.596. The van der Waals surface area contributed by atoms with Crippen LogP contribution in [0.15, 0.2) is 59.1 Å². The average Bonchev–Trinajstić information content (AvgIpc) is 3.11. The third-order valence-electron chi connectivity index (χ3n) is 5.08. The molecule has 0 spiro atoms. The highest BCUT2D eigenvalue weighted by Crippen LogP contribution is 2.32. The lowest BCUT2D eigenvalue weighted by molar-refractivity contribution is -0.123. The quantitative estimate of drug-likeness (QED) is 0.786. The van der Waals surface area contributed by atoms with Crippen LogP contribution in [-0.4, -0.2) is 28.6 Å². The van der Waals surface area contributed by atoms with Crippen LogP contribution in [0.2, 0.25) is 0 Å². The van der Waals surface area contributed by atoms with E-state index >= 15 is 0 Å². The lowest BCUT2D eigenvalue weighted by Gasteiger charge is -2.29. The Morgan fingerprint density at radius 1 is 1.08 bits per heavy atom. The Labute approximate surface area is 152 Å². The summed E-state index contributed by atoms with van der Waals surface area (Å²) in [6.07, 6.45) is 0.738. The number of rotatable bonds is 4. The van der Waals surface area contributed by atoms with Crippen molar-refractivity contribution in [1.82, 2.24) is 10.1 Å². The molecule has 1 amide bonds. The number of hydrogen-bond acceptors (Lipinski definition) is 4. The molecular formula is C21H21N3O2. The van der Waals surface area contributed by atoms with E-state index in [1.807, 2.05) is 25.1 Å². The SMILES string of the molecule is C[C@H](C(N)=O)N1CCc2onc(-c3ccc(-c4ccccc4)cc3)c2C1. The highest BCUT2D eigenvalue weighted by molar-refractivity contribution is 5.79. The van der Waals surface area contributed by atoms with Gasteiger partial charge in [0.1, 0.15) is 11.5 Å². The summed E-state index contributed by atoms with van der Waals surface area (Å²) in [4.78, 5) is 13.6. The maximum absolute atomic E-state index is 11.5. The number of benzene rings is 2. The molecule has 2 aromatic carbocycles. The number of carbonyl (C=O) groups is 1. The van der Waals surface area contributed by atoms with Crippen molar-refractivity contribution in [2.24, 2.45) is 5.73 Å². The molecule has 0 aliphatic carbocycles. The van der Waals surface area contributed by atoms with Gasteiger partial charge in [0, 0.05) is 30.6 Å². The Morgan fingerprint density at radius 3 is 2.42 bits per heavy atom. The van der Waals surface area contributed by atoms with Gasteiger partial charge in [0.25, 0.3) is 0 Å². The summed E-state index contributed by atoms with van der Waals surface area (Å²) < 4.78 is 5.55. The Bertz CT molecular complexity index is 916. The molecule has 1 aliphatic heterocycles. The van der Waals surface area contributed by atoms with Crippen LogP contribution < -0.4 is 5.73 Å². The van der Waals surface area contributed by atoms with Gasteiger partial charge in [0.05, 0.1) is 6.04 Å². The van der Waals surface area contributed by atoms with Crippen molar-refractivity contribution in [2.45, 2.75) is 25.9 Å². The number of fused-ring (bicyclic) bond motifs is 1. The molecule has 132 valence electrons. The Morgan fingerprint density at radius 2 is 1.73 bits per heavy atom. The van der Waals surface area contributed by atoms with Gasteiger partial charge in [0.2, 0.25) is 5.91 Å². The van der Waals surface area contributed by atoms with Crippen molar-refractivity contribution in [3.8, 4) is 22.4 Å². The second-order valence-corrected chi connectivity index (χ2v) is 6.68. The van der Waals surface area contributed by atoms with Gasteiger partial charge >= 0.3 is 0 Å². The highest BCUT2D eigenvalue weighted by atomic mass is 16.5. The van der Waals surface area contributed by atoms with Crippen LogP contribution in [0.1, 0.15) is 18.2 Å². The molecular weight excluding hydrogens is 326 g/mol. The zero-order valence-corrected chi connectivity index (χ0v) is 14.7. The van der Waals surface area contributed by atoms with E-state index in [2.05, 4.69) is 46.5 Å². The first-order valence-electron chi connectivity index (χ1n) is 8.80. The topological polar surface area (TPSA) is 72.4 Å². The van der Waals surface area contributed by atoms with Gasteiger partial charge in [-0.2, -0.15) is 0 Å². The number of amides is 1. The van der Waals surface area contributed by atoms with Crippen LogP contribution >= 0.6 is 0 Å². The first-order chi connectivity index (χ1) is 12.6. The van der Waals surface area contributed by atoms with E-state index in [1.54, 1.807) is 0 Å². The standard InChI is InChI=1S/C21H21N3O2/c1-14(21(22)25)24-12-11-19-18(13-24)20(23-26-19)17-9-7-16(8-10-17)15-5-3-2-4-6-15/h2-10,14H,11-13H2,1H3,(H2,22,25)/t14-/m1/s1. The summed E-state index contributed by atoms with van der Waals surface area (Å²) in [5.41, 5.74) is 10.7. The molecule has 4 rings (SSSR count). The van der Waals surface area contributed by atoms with Crippen LogP contribution in [0.4, 0.5) is 0 Å². The molecule has 5 nitrogen and oxygen atoms in total. The Kier molecular flexibility index (Phi) is 4.31. The van der Waals surface area contributed by atoms with Crippen molar-refractivity contribution in [3.05, 3.63) is 65.9 Å². The molecule has 0 saturated heterocycles. The molecule has 0 fully saturated rings. The number of nitrogens with zero attached hydrogens (tertiary/aromatic N) is 2. The molecule has 26 heavy (non-hydrogen) atoms. The predicted octanol–water partition coefficient (Wildman–Crippen LogP) is 3.24. The van der Waals surface area contributed by atoms with E-state index in [-0.39, 0.29) is 11.9 Å². The molecule has 5 heteroatoms. The summed E-state index contributed by atoms with van der Waals surface area (Å²) in [5, 5.41) is 4.29. The third kappa shape index (κ3) is 3.02. The second-order valence-electron chi connectivity index (χ2n) is 6.68. The molecule has 0 bridgehead atoms. The summed E-state index contributed by atoms with van der Waals surface area (Å²) in [7, 11) is 0. The summed E-state index contributed by atoms with van der Waals surface area (Å²) in [6.45, 7) is 3.21. The average molecular weight is 347 g/mol. The number of hydrogen-bond donors (Lipinski definition) is 1. The normalized spacial score (nSPS) is 15.4. The van der Waals surface area contributed by atoms with Gasteiger partial charge in [-0.05, 0) is 18.1 Å². The first kappa shape index (κ1) is 16.5. The monoisotopic (exact) mass is 347 g/mol. The summed E-state index contributed by atoms with van der Waals surface area (Å²) in [6, 6.07) is 18.3. The Balaban J connectivity index is 1.62. The number of carbonyl (C=O) groups excluding carboxylic acids is 1. The van der Waals surface area contributed by atoms with Gasteiger partial charge in [-0.1, -0.05) is 59.8 Å². The van der Waals surface area contributed by atoms with Crippen molar-refractivity contribution >= 4 is 5.91 Å². The third-order valence-corrected chi connectivity index (χ3v) is 5.08. The lowest BCUT2D eigenvalue weighted by Crippen LogP contribution is -2.44. The maximum Gasteiger partial charge on any atom is 0.234 e. The molecule has 3 aromatic rings. The number of nitrogens with two attached hydrogens (primary N) is 1. The van der Waals surface area contributed by atoms with Crippen molar-refractivity contribution in [1.29, 1.82) is 0 Å².